The van der Waals surface area contributed by atoms with Crippen molar-refractivity contribution in [3.8, 4) is 22.8 Å². The number of halogens is 1. The van der Waals surface area contributed by atoms with Gasteiger partial charge in [-0.1, -0.05) is 18.2 Å². The molecule has 0 aliphatic carbocycles. The van der Waals surface area contributed by atoms with Crippen molar-refractivity contribution in [2.45, 2.75) is 25.8 Å². The Balaban J connectivity index is 1.33. The molecule has 0 fully saturated rings. The molecule has 1 atom stereocenters. The third kappa shape index (κ3) is 4.42. The van der Waals surface area contributed by atoms with Gasteiger partial charge in [0.1, 0.15) is 30.6 Å². The van der Waals surface area contributed by atoms with E-state index in [4.69, 9.17) is 13.9 Å². The summed E-state index contributed by atoms with van der Waals surface area (Å²) >= 11 is 0. The lowest BCUT2D eigenvalue weighted by Crippen LogP contribution is -2.27. The highest BCUT2D eigenvalue weighted by molar-refractivity contribution is 5.76. The van der Waals surface area contributed by atoms with Crippen molar-refractivity contribution < 1.29 is 23.1 Å². The van der Waals surface area contributed by atoms with Crippen LogP contribution in [-0.2, 0) is 11.2 Å². The van der Waals surface area contributed by atoms with Crippen LogP contribution in [0.1, 0.15) is 30.7 Å². The summed E-state index contributed by atoms with van der Waals surface area (Å²) in [6.07, 6.45) is 0.716. The molecule has 29 heavy (non-hydrogen) atoms. The molecule has 0 saturated carbocycles. The van der Waals surface area contributed by atoms with Gasteiger partial charge in [-0.2, -0.15) is 0 Å². The number of ether oxygens (including phenoxy) is 2. The zero-order valence-electron chi connectivity index (χ0n) is 16.1. The van der Waals surface area contributed by atoms with E-state index >= 15 is 0 Å². The molecular weight excluding hydrogens is 373 g/mol. The molecule has 1 unspecified atom stereocenters. The maximum Gasteiger partial charge on any atom is 0.220 e. The summed E-state index contributed by atoms with van der Waals surface area (Å²) in [5.41, 5.74) is 1.36. The predicted octanol–water partition coefficient (Wildman–Crippen LogP) is 4.67. The van der Waals surface area contributed by atoms with Crippen LogP contribution in [-0.4, -0.2) is 19.1 Å². The van der Waals surface area contributed by atoms with Crippen LogP contribution < -0.4 is 14.8 Å². The van der Waals surface area contributed by atoms with E-state index in [1.54, 1.807) is 30.3 Å². The van der Waals surface area contributed by atoms with E-state index in [9.17, 15) is 9.18 Å². The zero-order chi connectivity index (χ0) is 20.2. The molecule has 2 aromatic carbocycles. The summed E-state index contributed by atoms with van der Waals surface area (Å²) in [6, 6.07) is 15.5. The predicted molar refractivity (Wildman–Crippen MR) is 106 cm³/mol. The molecule has 1 aromatic heterocycles. The van der Waals surface area contributed by atoms with Gasteiger partial charge in [0.25, 0.3) is 0 Å². The second kappa shape index (κ2) is 8.39. The molecule has 150 valence electrons. The Morgan fingerprint density at radius 2 is 1.86 bits per heavy atom. The minimum Gasteiger partial charge on any atom is -0.486 e. The molecular formula is C23H22FNO4. The lowest BCUT2D eigenvalue weighted by molar-refractivity contribution is -0.121. The van der Waals surface area contributed by atoms with Crippen molar-refractivity contribution in [2.75, 3.05) is 13.2 Å². The van der Waals surface area contributed by atoms with Crippen molar-refractivity contribution in [1.29, 1.82) is 0 Å². The Morgan fingerprint density at radius 1 is 1.07 bits per heavy atom. The fourth-order valence-corrected chi connectivity index (χ4v) is 3.28. The Kier molecular flexibility index (Phi) is 5.51. The average Bonchev–Trinajstić information content (AvgIpc) is 3.21. The minimum atomic E-state index is -0.334. The second-order valence-corrected chi connectivity index (χ2v) is 6.94. The molecule has 1 aliphatic heterocycles. The Morgan fingerprint density at radius 3 is 2.69 bits per heavy atom. The van der Waals surface area contributed by atoms with Crippen LogP contribution in [0.5, 0.6) is 11.5 Å². The monoisotopic (exact) mass is 395 g/mol. The van der Waals surface area contributed by atoms with Crippen molar-refractivity contribution in [1.82, 2.24) is 5.32 Å². The minimum absolute atomic E-state index is 0.0868. The summed E-state index contributed by atoms with van der Waals surface area (Å²) in [4.78, 5) is 12.4. The fraction of sp³-hybridized carbons (Fsp3) is 0.261. The number of amides is 1. The average molecular weight is 395 g/mol. The van der Waals surface area contributed by atoms with Crippen molar-refractivity contribution in [3.05, 3.63) is 71.7 Å². The molecule has 6 heteroatoms. The van der Waals surface area contributed by atoms with Crippen LogP contribution in [0.15, 0.2) is 59.0 Å². The van der Waals surface area contributed by atoms with E-state index in [-0.39, 0.29) is 24.2 Å². The number of fused-ring (bicyclic) bond motifs is 1. The van der Waals surface area contributed by atoms with Gasteiger partial charge in [0.15, 0.2) is 11.5 Å². The van der Waals surface area contributed by atoms with Gasteiger partial charge >= 0.3 is 0 Å². The molecule has 0 saturated heterocycles. The zero-order valence-corrected chi connectivity index (χ0v) is 16.1. The van der Waals surface area contributed by atoms with E-state index < -0.39 is 0 Å². The van der Waals surface area contributed by atoms with Crippen LogP contribution in [0.25, 0.3) is 11.3 Å². The lowest BCUT2D eigenvalue weighted by Gasteiger charge is -2.21. The highest BCUT2D eigenvalue weighted by Gasteiger charge is 2.16. The van der Waals surface area contributed by atoms with E-state index in [0.29, 0.717) is 42.5 Å². The number of rotatable bonds is 6. The standard InChI is InChI=1S/C23H22FNO4/c1-15(16-6-9-21-22(14-16)28-13-12-27-21)25-23(26)11-8-17-7-10-20(29-17)18-4-2-3-5-19(18)24/h2-7,9-10,14-15H,8,11-13H2,1H3,(H,25,26). The van der Waals surface area contributed by atoms with Crippen LogP contribution >= 0.6 is 0 Å². The molecule has 5 nitrogen and oxygen atoms in total. The molecule has 0 spiro atoms. The van der Waals surface area contributed by atoms with Gasteiger partial charge in [-0.25, -0.2) is 4.39 Å². The van der Waals surface area contributed by atoms with Gasteiger partial charge in [0.05, 0.1) is 11.6 Å². The fourth-order valence-electron chi connectivity index (χ4n) is 3.28. The number of hydrogen-bond donors (Lipinski definition) is 1. The molecule has 1 amide bonds. The number of nitrogens with one attached hydrogen (secondary N) is 1. The molecule has 3 aromatic rings. The second-order valence-electron chi connectivity index (χ2n) is 6.94. The van der Waals surface area contributed by atoms with Crippen molar-refractivity contribution in [3.63, 3.8) is 0 Å². The van der Waals surface area contributed by atoms with E-state index in [0.717, 1.165) is 11.3 Å². The summed E-state index contributed by atoms with van der Waals surface area (Å²) in [5, 5.41) is 2.98. The van der Waals surface area contributed by atoms with E-state index in [2.05, 4.69) is 5.32 Å². The van der Waals surface area contributed by atoms with Gasteiger partial charge in [-0.3, -0.25) is 4.79 Å². The topological polar surface area (TPSA) is 60.7 Å². The molecule has 1 N–H and O–H groups in total. The summed E-state index contributed by atoms with van der Waals surface area (Å²) in [7, 11) is 0. The smallest absolute Gasteiger partial charge is 0.220 e. The Labute approximate surface area is 168 Å². The van der Waals surface area contributed by atoms with Gasteiger partial charge in [-0.05, 0) is 48.9 Å². The van der Waals surface area contributed by atoms with Gasteiger partial charge in [0.2, 0.25) is 5.91 Å². The number of aryl methyl sites for hydroxylation is 1. The van der Waals surface area contributed by atoms with Gasteiger partial charge < -0.3 is 19.2 Å². The molecule has 2 heterocycles. The number of carbonyl (C=O) groups is 1. The summed E-state index contributed by atoms with van der Waals surface area (Å²) < 4.78 is 30.7. The Bertz CT molecular complexity index is 1010. The summed E-state index contributed by atoms with van der Waals surface area (Å²) in [5.74, 6) is 2.11. The third-order valence-electron chi connectivity index (χ3n) is 4.84. The SMILES string of the molecule is CC(NC(=O)CCc1ccc(-c2ccccc2F)o1)c1ccc2c(c1)OCCO2. The maximum absolute atomic E-state index is 13.9. The van der Waals surface area contributed by atoms with Crippen molar-refractivity contribution >= 4 is 5.91 Å². The number of carbonyl (C=O) groups excluding carboxylic acids is 1. The first-order valence-corrected chi connectivity index (χ1v) is 9.62. The molecule has 1 aliphatic rings. The van der Waals surface area contributed by atoms with Gasteiger partial charge in [-0.15, -0.1) is 0 Å². The van der Waals surface area contributed by atoms with Crippen LogP contribution in [0.2, 0.25) is 0 Å². The normalized spacial score (nSPS) is 13.7. The number of hydrogen-bond acceptors (Lipinski definition) is 4. The van der Waals surface area contributed by atoms with Gasteiger partial charge in [0, 0.05) is 12.8 Å². The third-order valence-corrected chi connectivity index (χ3v) is 4.84. The maximum atomic E-state index is 13.9. The largest absolute Gasteiger partial charge is 0.486 e. The number of benzene rings is 2. The van der Waals surface area contributed by atoms with Crippen LogP contribution in [0.4, 0.5) is 4.39 Å². The van der Waals surface area contributed by atoms with E-state index in [1.807, 2.05) is 25.1 Å². The van der Waals surface area contributed by atoms with E-state index in [1.165, 1.54) is 6.07 Å². The van der Waals surface area contributed by atoms with Crippen LogP contribution in [0.3, 0.4) is 0 Å². The highest BCUT2D eigenvalue weighted by atomic mass is 19.1. The van der Waals surface area contributed by atoms with Crippen LogP contribution in [0, 0.1) is 5.82 Å². The highest BCUT2D eigenvalue weighted by Crippen LogP contribution is 2.32. The Hall–Kier alpha value is -3.28. The quantitative estimate of drug-likeness (QED) is 0.659. The lowest BCUT2D eigenvalue weighted by atomic mass is 10.1. The first-order valence-electron chi connectivity index (χ1n) is 9.62. The number of furan rings is 1. The molecule has 4 rings (SSSR count). The first-order chi connectivity index (χ1) is 14.1. The van der Waals surface area contributed by atoms with Crippen molar-refractivity contribution in [2.24, 2.45) is 0 Å². The summed E-state index contributed by atoms with van der Waals surface area (Å²) in [6.45, 7) is 2.99. The molecule has 0 bridgehead atoms. The molecule has 0 radical (unpaired) electrons. The first kappa shape index (κ1) is 19.1.